The summed E-state index contributed by atoms with van der Waals surface area (Å²) in [7, 11) is 0. The Balaban J connectivity index is 1.50. The van der Waals surface area contributed by atoms with E-state index in [-0.39, 0.29) is 11.4 Å². The van der Waals surface area contributed by atoms with E-state index in [1.165, 1.54) is 6.07 Å². The number of hydrogen-bond donors (Lipinski definition) is 2. The Kier molecular flexibility index (Phi) is 6.03. The molecule has 2 N–H and O–H groups in total. The average molecular weight is 363 g/mol. The van der Waals surface area contributed by atoms with E-state index in [1.807, 2.05) is 0 Å². The number of morpholine rings is 1. The van der Waals surface area contributed by atoms with Crippen LogP contribution in [-0.4, -0.2) is 60.4 Å². The molecule has 0 saturated carbocycles. The molecule has 138 valence electrons. The fourth-order valence-electron chi connectivity index (χ4n) is 2.49. The first-order valence-electron chi connectivity index (χ1n) is 8.26. The summed E-state index contributed by atoms with van der Waals surface area (Å²) >= 11 is 0. The fourth-order valence-corrected chi connectivity index (χ4v) is 2.49. The van der Waals surface area contributed by atoms with E-state index >= 15 is 0 Å². The molecule has 1 aliphatic rings. The van der Waals surface area contributed by atoms with Crippen LogP contribution in [0.15, 0.2) is 30.3 Å². The van der Waals surface area contributed by atoms with Gasteiger partial charge in [-0.05, 0) is 24.3 Å². The van der Waals surface area contributed by atoms with Gasteiger partial charge in [0, 0.05) is 32.2 Å². The van der Waals surface area contributed by atoms with Crippen molar-refractivity contribution in [2.45, 2.75) is 0 Å². The maximum Gasteiger partial charge on any atom is 0.276 e. The summed E-state index contributed by atoms with van der Waals surface area (Å²) in [5.41, 5.74) is -0.0848. The van der Waals surface area contributed by atoms with Gasteiger partial charge in [0.25, 0.3) is 5.91 Å². The Morgan fingerprint density at radius 3 is 2.65 bits per heavy atom. The molecule has 0 unspecified atom stereocenters. The molecule has 7 nitrogen and oxygen atoms in total. The monoisotopic (exact) mass is 363 g/mol. The first-order valence-corrected chi connectivity index (χ1v) is 8.26. The van der Waals surface area contributed by atoms with Gasteiger partial charge in [0.1, 0.15) is 17.5 Å². The summed E-state index contributed by atoms with van der Waals surface area (Å²) < 4.78 is 31.7. The fraction of sp³-hybridized carbons (Fsp3) is 0.353. The zero-order chi connectivity index (χ0) is 18.4. The van der Waals surface area contributed by atoms with E-state index in [0.717, 1.165) is 45.0 Å². The van der Waals surface area contributed by atoms with Gasteiger partial charge in [-0.3, -0.25) is 9.69 Å². The number of hydrogen-bond acceptors (Lipinski definition) is 6. The van der Waals surface area contributed by atoms with E-state index in [1.54, 1.807) is 6.07 Å². The molecule has 1 aromatic carbocycles. The van der Waals surface area contributed by atoms with Gasteiger partial charge >= 0.3 is 0 Å². The number of halogens is 2. The quantitative estimate of drug-likeness (QED) is 0.814. The Hall–Kier alpha value is -2.65. The lowest BCUT2D eigenvalue weighted by atomic mass is 10.2. The van der Waals surface area contributed by atoms with Crippen LogP contribution < -0.4 is 10.6 Å². The number of aromatic nitrogens is 2. The summed E-state index contributed by atoms with van der Waals surface area (Å²) in [6, 6.07) is 6.02. The first-order chi connectivity index (χ1) is 12.6. The van der Waals surface area contributed by atoms with E-state index in [4.69, 9.17) is 4.74 Å². The minimum absolute atomic E-state index is 0.0347. The minimum atomic E-state index is -0.854. The topological polar surface area (TPSA) is 79.4 Å². The summed E-state index contributed by atoms with van der Waals surface area (Å²) in [6.45, 7) is 4.87. The second kappa shape index (κ2) is 8.63. The van der Waals surface area contributed by atoms with Crippen LogP contribution in [0.1, 0.15) is 10.5 Å². The Labute approximate surface area is 149 Å². The van der Waals surface area contributed by atoms with Gasteiger partial charge in [0.05, 0.1) is 18.9 Å². The van der Waals surface area contributed by atoms with Crippen molar-refractivity contribution in [3.63, 3.8) is 0 Å². The molecule has 1 aromatic heterocycles. The van der Waals surface area contributed by atoms with Crippen LogP contribution in [0.25, 0.3) is 0 Å². The number of nitrogens with zero attached hydrogens (tertiary/aromatic N) is 3. The lowest BCUT2D eigenvalue weighted by molar-refractivity contribution is 0.0398. The van der Waals surface area contributed by atoms with Crippen LogP contribution in [0, 0.1) is 11.6 Å². The molecular weight excluding hydrogens is 344 g/mol. The van der Waals surface area contributed by atoms with Crippen molar-refractivity contribution in [2.24, 2.45) is 0 Å². The Morgan fingerprint density at radius 1 is 1.15 bits per heavy atom. The van der Waals surface area contributed by atoms with Crippen molar-refractivity contribution in [1.82, 2.24) is 15.1 Å². The predicted octanol–water partition coefficient (Wildman–Crippen LogP) is 1.75. The maximum atomic E-state index is 13.6. The normalized spacial score (nSPS) is 14.8. The van der Waals surface area contributed by atoms with Gasteiger partial charge in [-0.15, -0.1) is 10.2 Å². The molecule has 3 rings (SSSR count). The van der Waals surface area contributed by atoms with E-state index in [0.29, 0.717) is 18.4 Å². The number of carbonyl (C=O) groups excluding carboxylic acids is 1. The van der Waals surface area contributed by atoms with Crippen molar-refractivity contribution in [1.29, 1.82) is 0 Å². The molecule has 0 aliphatic carbocycles. The van der Waals surface area contributed by atoms with Gasteiger partial charge in [-0.1, -0.05) is 0 Å². The third kappa shape index (κ3) is 4.93. The molecule has 2 aromatic rings. The standard InChI is InChI=1S/C17H19F2N5O2/c18-12-1-2-14(13(19)11-12)21-17(25)15-3-4-16(23-22-15)20-5-6-24-7-9-26-10-8-24/h1-4,11H,5-10H2,(H,20,23)(H,21,25). The zero-order valence-electron chi connectivity index (χ0n) is 14.0. The number of ether oxygens (including phenoxy) is 1. The third-order valence-corrected chi connectivity index (χ3v) is 3.91. The molecule has 1 fully saturated rings. The molecule has 0 bridgehead atoms. The maximum absolute atomic E-state index is 13.6. The number of nitrogens with one attached hydrogen (secondary N) is 2. The van der Waals surface area contributed by atoms with Crippen LogP contribution in [0.3, 0.4) is 0 Å². The molecule has 0 atom stereocenters. The molecule has 2 heterocycles. The van der Waals surface area contributed by atoms with Gasteiger partial charge in [0.2, 0.25) is 0 Å². The molecule has 1 amide bonds. The summed E-state index contributed by atoms with van der Waals surface area (Å²) in [5.74, 6) is -1.65. The minimum Gasteiger partial charge on any atom is -0.379 e. The van der Waals surface area contributed by atoms with Crippen molar-refractivity contribution in [3.8, 4) is 0 Å². The van der Waals surface area contributed by atoms with Crippen LogP contribution in [0.2, 0.25) is 0 Å². The average Bonchev–Trinajstić information content (AvgIpc) is 2.65. The van der Waals surface area contributed by atoms with Crippen molar-refractivity contribution in [2.75, 3.05) is 50.0 Å². The van der Waals surface area contributed by atoms with Gasteiger partial charge in [-0.2, -0.15) is 0 Å². The van der Waals surface area contributed by atoms with E-state index < -0.39 is 17.5 Å². The van der Waals surface area contributed by atoms with Gasteiger partial charge in [0.15, 0.2) is 5.69 Å². The summed E-state index contributed by atoms with van der Waals surface area (Å²) in [6.07, 6.45) is 0. The summed E-state index contributed by atoms with van der Waals surface area (Å²) in [5, 5.41) is 13.2. The van der Waals surface area contributed by atoms with E-state index in [2.05, 4.69) is 25.7 Å². The second-order valence-corrected chi connectivity index (χ2v) is 5.76. The summed E-state index contributed by atoms with van der Waals surface area (Å²) in [4.78, 5) is 14.4. The molecule has 26 heavy (non-hydrogen) atoms. The highest BCUT2D eigenvalue weighted by Gasteiger charge is 2.13. The molecule has 0 radical (unpaired) electrons. The largest absolute Gasteiger partial charge is 0.379 e. The number of benzene rings is 1. The van der Waals surface area contributed by atoms with Crippen molar-refractivity contribution in [3.05, 3.63) is 47.7 Å². The zero-order valence-corrected chi connectivity index (χ0v) is 14.0. The second-order valence-electron chi connectivity index (χ2n) is 5.76. The first kappa shape index (κ1) is 18.2. The number of amides is 1. The van der Waals surface area contributed by atoms with Crippen LogP contribution in [0.5, 0.6) is 0 Å². The molecular formula is C17H19F2N5O2. The number of anilines is 2. The van der Waals surface area contributed by atoms with Gasteiger partial charge in [-0.25, -0.2) is 8.78 Å². The molecule has 1 saturated heterocycles. The highest BCUT2D eigenvalue weighted by Crippen LogP contribution is 2.15. The van der Waals surface area contributed by atoms with Crippen LogP contribution in [-0.2, 0) is 4.74 Å². The number of carbonyl (C=O) groups is 1. The van der Waals surface area contributed by atoms with Crippen molar-refractivity contribution >= 4 is 17.4 Å². The smallest absolute Gasteiger partial charge is 0.276 e. The van der Waals surface area contributed by atoms with Crippen molar-refractivity contribution < 1.29 is 18.3 Å². The molecule has 9 heteroatoms. The van der Waals surface area contributed by atoms with Crippen LogP contribution >= 0.6 is 0 Å². The van der Waals surface area contributed by atoms with Crippen LogP contribution in [0.4, 0.5) is 20.3 Å². The SMILES string of the molecule is O=C(Nc1ccc(F)cc1F)c1ccc(NCCN2CCOCC2)nn1. The highest BCUT2D eigenvalue weighted by atomic mass is 19.1. The predicted molar refractivity (Wildman–Crippen MR) is 92.1 cm³/mol. The van der Waals surface area contributed by atoms with Gasteiger partial charge < -0.3 is 15.4 Å². The lowest BCUT2D eigenvalue weighted by Gasteiger charge is -2.26. The molecule has 0 spiro atoms. The Morgan fingerprint density at radius 2 is 1.96 bits per heavy atom. The lowest BCUT2D eigenvalue weighted by Crippen LogP contribution is -2.39. The number of rotatable bonds is 6. The highest BCUT2D eigenvalue weighted by molar-refractivity contribution is 6.02. The molecule has 1 aliphatic heterocycles. The van der Waals surface area contributed by atoms with E-state index in [9.17, 15) is 13.6 Å². The Bertz CT molecular complexity index is 751. The third-order valence-electron chi connectivity index (χ3n) is 3.91.